The van der Waals surface area contributed by atoms with Gasteiger partial charge in [-0.05, 0) is 39.0 Å². The van der Waals surface area contributed by atoms with E-state index in [0.717, 1.165) is 0 Å². The number of hydrogen-bond donors (Lipinski definition) is 3. The minimum Gasteiger partial charge on any atom is -0.493 e. The molecule has 0 aliphatic rings. The third kappa shape index (κ3) is 4.12. The van der Waals surface area contributed by atoms with Crippen LogP contribution < -0.4 is 9.46 Å². The minimum atomic E-state index is -4.07. The number of aromatic nitrogens is 5. The number of rotatable bonds is 8. The molecule has 0 bridgehead atoms. The molecule has 162 valence electrons. The van der Waals surface area contributed by atoms with Gasteiger partial charge in [-0.2, -0.15) is 5.10 Å². The monoisotopic (exact) mass is 436 g/mol. The van der Waals surface area contributed by atoms with Crippen molar-refractivity contribution in [2.75, 3.05) is 19.8 Å². The van der Waals surface area contributed by atoms with Crippen molar-refractivity contribution in [1.82, 2.24) is 29.7 Å². The number of aryl methyl sites for hydroxylation is 2. The van der Waals surface area contributed by atoms with E-state index in [1.54, 1.807) is 25.6 Å². The van der Waals surface area contributed by atoms with Crippen LogP contribution in [0.15, 0.2) is 23.1 Å². The lowest BCUT2D eigenvalue weighted by Crippen LogP contribution is -2.51. The molecule has 0 aliphatic heterocycles. The quantitative estimate of drug-likeness (QED) is 0.448. The molecular weight excluding hydrogens is 412 g/mol. The third-order valence-electron chi connectivity index (χ3n) is 4.50. The van der Waals surface area contributed by atoms with Crippen LogP contribution in [0.2, 0.25) is 0 Å². The maximum atomic E-state index is 12.8. The first-order chi connectivity index (χ1) is 14.1. The van der Waals surface area contributed by atoms with Crippen LogP contribution in [0.1, 0.15) is 19.5 Å². The van der Waals surface area contributed by atoms with E-state index in [2.05, 4.69) is 25.0 Å². The summed E-state index contributed by atoms with van der Waals surface area (Å²) >= 11 is 0. The van der Waals surface area contributed by atoms with Gasteiger partial charge in [0.1, 0.15) is 11.3 Å². The fourth-order valence-corrected chi connectivity index (χ4v) is 4.26. The summed E-state index contributed by atoms with van der Waals surface area (Å²) in [6, 6.07) is 4.25. The van der Waals surface area contributed by atoms with Gasteiger partial charge in [-0.25, -0.2) is 22.8 Å². The number of aliphatic hydroxyl groups is 2. The molecular formula is C18H24N6O5S. The molecule has 11 nitrogen and oxygen atoms in total. The second kappa shape index (κ2) is 8.22. The summed E-state index contributed by atoms with van der Waals surface area (Å²) in [4.78, 5) is 4.41. The Kier molecular flexibility index (Phi) is 6.04. The van der Waals surface area contributed by atoms with Gasteiger partial charge in [0.15, 0.2) is 11.5 Å². The number of nitrogens with zero attached hydrogens (tertiary/aromatic N) is 5. The molecule has 0 fully saturated rings. The fraction of sp³-hybridized carbons (Fsp3) is 0.444. The Morgan fingerprint density at radius 1 is 1.23 bits per heavy atom. The van der Waals surface area contributed by atoms with E-state index in [4.69, 9.17) is 4.74 Å². The van der Waals surface area contributed by atoms with Gasteiger partial charge in [-0.15, -0.1) is 10.2 Å². The maximum absolute atomic E-state index is 12.8. The van der Waals surface area contributed by atoms with Crippen LogP contribution >= 0.6 is 0 Å². The van der Waals surface area contributed by atoms with Crippen molar-refractivity contribution in [1.29, 1.82) is 0 Å². The number of sulfonamides is 1. The van der Waals surface area contributed by atoms with Crippen molar-refractivity contribution in [3.05, 3.63) is 23.9 Å². The predicted octanol–water partition coefficient (Wildman–Crippen LogP) is 0.154. The average molecular weight is 436 g/mol. The van der Waals surface area contributed by atoms with Crippen LogP contribution in [0.25, 0.3) is 22.6 Å². The van der Waals surface area contributed by atoms with Crippen molar-refractivity contribution in [2.24, 2.45) is 7.05 Å². The Labute approximate surface area is 173 Å². The van der Waals surface area contributed by atoms with E-state index in [1.165, 1.54) is 25.1 Å². The lowest BCUT2D eigenvalue weighted by molar-refractivity contribution is 0.122. The zero-order valence-electron chi connectivity index (χ0n) is 17.1. The SMILES string of the molecule is CCOc1ccc(S(=O)(=O)NC(C)(CO)CO)cc1-c1nnc2c(n1)c(C)nn2C. The molecule has 0 saturated carbocycles. The molecule has 3 rings (SSSR count). The number of aliphatic hydroxyl groups excluding tert-OH is 2. The molecule has 0 aliphatic carbocycles. The van der Waals surface area contributed by atoms with E-state index in [1.807, 2.05) is 0 Å². The van der Waals surface area contributed by atoms with Crippen LogP contribution in [-0.2, 0) is 17.1 Å². The molecule has 0 unspecified atom stereocenters. The summed E-state index contributed by atoms with van der Waals surface area (Å²) in [5, 5.41) is 31.4. The van der Waals surface area contributed by atoms with Gasteiger partial charge in [0, 0.05) is 7.05 Å². The second-order valence-corrected chi connectivity index (χ2v) is 8.77. The van der Waals surface area contributed by atoms with Gasteiger partial charge < -0.3 is 14.9 Å². The van der Waals surface area contributed by atoms with Crippen molar-refractivity contribution in [3.63, 3.8) is 0 Å². The summed E-state index contributed by atoms with van der Waals surface area (Å²) in [5.74, 6) is 0.581. The standard InChI is InChI=1S/C18H24N6O5S/c1-5-29-14-7-6-12(30(27,28)23-18(3,9-25)10-26)8-13(14)16-19-15-11(2)22-24(4)17(15)21-20-16/h6-8,23,25-26H,5,9-10H2,1-4H3. The second-order valence-electron chi connectivity index (χ2n) is 7.09. The van der Waals surface area contributed by atoms with Crippen LogP contribution in [-0.4, -0.2) is 69.0 Å². The Hall–Kier alpha value is -2.67. The lowest BCUT2D eigenvalue weighted by atomic mass is 10.1. The largest absolute Gasteiger partial charge is 0.493 e. The van der Waals surface area contributed by atoms with Gasteiger partial charge in [-0.1, -0.05) is 0 Å². The molecule has 0 amide bonds. The van der Waals surface area contributed by atoms with Gasteiger partial charge in [0.05, 0.1) is 41.5 Å². The smallest absolute Gasteiger partial charge is 0.241 e. The van der Waals surface area contributed by atoms with Gasteiger partial charge in [0.25, 0.3) is 0 Å². The highest BCUT2D eigenvalue weighted by atomic mass is 32.2. The highest BCUT2D eigenvalue weighted by Crippen LogP contribution is 2.31. The molecule has 1 aromatic carbocycles. The zero-order chi connectivity index (χ0) is 22.1. The van der Waals surface area contributed by atoms with E-state index in [9.17, 15) is 18.6 Å². The van der Waals surface area contributed by atoms with E-state index < -0.39 is 28.8 Å². The Morgan fingerprint density at radius 2 is 1.93 bits per heavy atom. The molecule has 30 heavy (non-hydrogen) atoms. The van der Waals surface area contributed by atoms with Gasteiger partial charge >= 0.3 is 0 Å². The molecule has 0 saturated heterocycles. The Bertz CT molecular complexity index is 1170. The molecule has 2 aromatic heterocycles. The summed E-state index contributed by atoms with van der Waals surface area (Å²) in [6.45, 7) is 4.20. The van der Waals surface area contributed by atoms with E-state index in [-0.39, 0.29) is 10.7 Å². The summed E-state index contributed by atoms with van der Waals surface area (Å²) < 4.78 is 35.2. The molecule has 12 heteroatoms. The van der Waals surface area contributed by atoms with Crippen molar-refractivity contribution in [2.45, 2.75) is 31.2 Å². The molecule has 3 N–H and O–H groups in total. The first-order valence-electron chi connectivity index (χ1n) is 9.21. The van der Waals surface area contributed by atoms with Crippen molar-refractivity contribution < 1.29 is 23.4 Å². The van der Waals surface area contributed by atoms with E-state index in [0.29, 0.717) is 34.8 Å². The first kappa shape index (κ1) is 22.0. The van der Waals surface area contributed by atoms with E-state index >= 15 is 0 Å². The predicted molar refractivity (Wildman–Crippen MR) is 108 cm³/mol. The summed E-state index contributed by atoms with van der Waals surface area (Å²) in [6.07, 6.45) is 0. The number of nitrogens with one attached hydrogen (secondary N) is 1. The van der Waals surface area contributed by atoms with Crippen molar-refractivity contribution >= 4 is 21.2 Å². The molecule has 0 atom stereocenters. The van der Waals surface area contributed by atoms with Gasteiger partial charge in [-0.3, -0.25) is 0 Å². The molecule has 3 aromatic rings. The highest BCUT2D eigenvalue weighted by Gasteiger charge is 2.30. The average Bonchev–Trinajstić information content (AvgIpc) is 3.01. The lowest BCUT2D eigenvalue weighted by Gasteiger charge is -2.26. The van der Waals surface area contributed by atoms with Gasteiger partial charge in [0.2, 0.25) is 10.0 Å². The molecule has 0 spiro atoms. The molecule has 0 radical (unpaired) electrons. The highest BCUT2D eigenvalue weighted by molar-refractivity contribution is 7.89. The normalized spacial score (nSPS) is 12.5. The van der Waals surface area contributed by atoms with Crippen LogP contribution in [0.3, 0.4) is 0 Å². The number of fused-ring (bicyclic) bond motifs is 1. The molecule has 2 heterocycles. The summed E-state index contributed by atoms with van der Waals surface area (Å²) in [5.41, 5.74) is 0.632. The first-order valence-corrected chi connectivity index (χ1v) is 10.7. The van der Waals surface area contributed by atoms with Crippen LogP contribution in [0.4, 0.5) is 0 Å². The Balaban J connectivity index is 2.13. The van der Waals surface area contributed by atoms with Crippen LogP contribution in [0, 0.1) is 6.92 Å². The number of ether oxygens (including phenoxy) is 1. The third-order valence-corrected chi connectivity index (χ3v) is 6.14. The van der Waals surface area contributed by atoms with Crippen molar-refractivity contribution in [3.8, 4) is 17.1 Å². The number of benzene rings is 1. The Morgan fingerprint density at radius 3 is 2.57 bits per heavy atom. The minimum absolute atomic E-state index is 0.0966. The fourth-order valence-electron chi connectivity index (χ4n) is 2.85. The number of hydrogen-bond acceptors (Lipinski definition) is 9. The topological polar surface area (TPSA) is 152 Å². The zero-order valence-corrected chi connectivity index (χ0v) is 17.9. The van der Waals surface area contributed by atoms with Crippen LogP contribution in [0.5, 0.6) is 5.75 Å². The summed E-state index contributed by atoms with van der Waals surface area (Å²) in [7, 11) is -2.34. The maximum Gasteiger partial charge on any atom is 0.241 e.